The molecule has 1 aromatic heterocycles. The molecule has 0 aliphatic carbocycles. The Morgan fingerprint density at radius 3 is 2.17 bits per heavy atom. The van der Waals surface area contributed by atoms with Crippen molar-refractivity contribution in [2.75, 3.05) is 0 Å². The predicted molar refractivity (Wildman–Crippen MR) is 107 cm³/mol. The van der Waals surface area contributed by atoms with Crippen molar-refractivity contribution in [3.05, 3.63) is 76.7 Å². The van der Waals surface area contributed by atoms with Gasteiger partial charge in [-0.2, -0.15) is 0 Å². The quantitative estimate of drug-likeness (QED) is 0.612. The van der Waals surface area contributed by atoms with Crippen LogP contribution in [0.25, 0.3) is 10.4 Å². The molecule has 3 aromatic rings. The lowest BCUT2D eigenvalue weighted by Crippen LogP contribution is -2.47. The van der Waals surface area contributed by atoms with E-state index < -0.39 is 23.7 Å². The van der Waals surface area contributed by atoms with Crippen LogP contribution in [0.2, 0.25) is 0 Å². The van der Waals surface area contributed by atoms with Crippen LogP contribution < -0.4 is 15.6 Å². The van der Waals surface area contributed by atoms with Gasteiger partial charge in [0.05, 0.1) is 4.88 Å². The molecule has 2 N–H and O–H groups in total. The number of aryl methyl sites for hydroxylation is 1. The van der Waals surface area contributed by atoms with Gasteiger partial charge >= 0.3 is 0 Å². The number of nitrogens with one attached hydrogen (secondary N) is 2. The highest BCUT2D eigenvalue weighted by Gasteiger charge is 2.18. The van der Waals surface area contributed by atoms with Crippen molar-refractivity contribution in [2.45, 2.75) is 20.0 Å². The minimum atomic E-state index is -0.902. The summed E-state index contributed by atoms with van der Waals surface area (Å²) in [7, 11) is 0. The van der Waals surface area contributed by atoms with E-state index in [2.05, 4.69) is 10.9 Å². The minimum Gasteiger partial charge on any atom is -0.481 e. The molecule has 5 nitrogen and oxygen atoms in total. The average Bonchev–Trinajstić information content (AvgIpc) is 3.10. The molecule has 8 heteroatoms. The van der Waals surface area contributed by atoms with Gasteiger partial charge in [-0.3, -0.25) is 20.4 Å². The summed E-state index contributed by atoms with van der Waals surface area (Å²) >= 11 is 1.24. The van der Waals surface area contributed by atoms with Crippen LogP contribution in [0.5, 0.6) is 5.75 Å². The molecule has 150 valence electrons. The van der Waals surface area contributed by atoms with Gasteiger partial charge in [-0.1, -0.05) is 12.1 Å². The Hall–Kier alpha value is -3.26. The largest absolute Gasteiger partial charge is 0.481 e. The monoisotopic (exact) mass is 416 g/mol. The van der Waals surface area contributed by atoms with Crippen molar-refractivity contribution >= 4 is 23.2 Å². The van der Waals surface area contributed by atoms with Gasteiger partial charge in [0, 0.05) is 4.88 Å². The molecule has 0 aliphatic rings. The zero-order chi connectivity index (χ0) is 21.0. The summed E-state index contributed by atoms with van der Waals surface area (Å²) in [5, 5.41) is 0. The Morgan fingerprint density at radius 1 is 0.966 bits per heavy atom. The maximum absolute atomic E-state index is 13.1. The maximum Gasteiger partial charge on any atom is 0.279 e. The number of carbonyl (C=O) groups is 2. The van der Waals surface area contributed by atoms with Crippen molar-refractivity contribution < 1.29 is 23.1 Å². The van der Waals surface area contributed by atoms with Gasteiger partial charge in [0.1, 0.15) is 17.4 Å². The van der Waals surface area contributed by atoms with E-state index in [4.69, 9.17) is 4.74 Å². The number of carbonyl (C=O) groups excluding carboxylic acids is 2. The van der Waals surface area contributed by atoms with Gasteiger partial charge < -0.3 is 4.74 Å². The topological polar surface area (TPSA) is 67.4 Å². The predicted octanol–water partition coefficient (Wildman–Crippen LogP) is 4.23. The Morgan fingerprint density at radius 2 is 1.55 bits per heavy atom. The second-order valence-electron chi connectivity index (χ2n) is 6.29. The third kappa shape index (κ3) is 5.17. The van der Waals surface area contributed by atoms with Crippen molar-refractivity contribution in [3.8, 4) is 16.2 Å². The minimum absolute atomic E-state index is 0.332. The normalized spacial score (nSPS) is 11.6. The standard InChI is InChI=1S/C21H18F2N2O3S/c1-12-11-18(29-19(12)14-3-5-15(22)6-4-14)21(27)25-24-20(26)13(2)28-17-9-7-16(23)8-10-17/h3-11,13H,1-2H3,(H,24,26)(H,25,27). The molecule has 0 saturated heterocycles. The summed E-state index contributed by atoms with van der Waals surface area (Å²) in [6, 6.07) is 13.0. The number of benzene rings is 2. The van der Waals surface area contributed by atoms with E-state index in [0.29, 0.717) is 10.6 Å². The van der Waals surface area contributed by atoms with Crippen LogP contribution in [-0.4, -0.2) is 17.9 Å². The first-order valence-electron chi connectivity index (χ1n) is 8.72. The van der Waals surface area contributed by atoms with Crippen molar-refractivity contribution in [3.63, 3.8) is 0 Å². The highest BCUT2D eigenvalue weighted by molar-refractivity contribution is 7.17. The molecule has 0 bridgehead atoms. The number of ether oxygens (including phenoxy) is 1. The number of hydrogen-bond donors (Lipinski definition) is 2. The highest BCUT2D eigenvalue weighted by Crippen LogP contribution is 2.32. The van der Waals surface area contributed by atoms with Gasteiger partial charge in [-0.25, -0.2) is 8.78 Å². The molecular weight excluding hydrogens is 398 g/mol. The third-order valence-corrected chi connectivity index (χ3v) is 5.33. The van der Waals surface area contributed by atoms with Crippen LogP contribution in [-0.2, 0) is 4.79 Å². The van der Waals surface area contributed by atoms with Gasteiger partial charge in [-0.15, -0.1) is 11.3 Å². The molecule has 2 amide bonds. The van der Waals surface area contributed by atoms with Crippen LogP contribution in [0, 0.1) is 18.6 Å². The Bertz CT molecular complexity index is 1020. The molecule has 1 unspecified atom stereocenters. The maximum atomic E-state index is 13.1. The summed E-state index contributed by atoms with van der Waals surface area (Å²) < 4.78 is 31.4. The zero-order valence-corrected chi connectivity index (χ0v) is 16.5. The number of rotatable bonds is 5. The lowest BCUT2D eigenvalue weighted by Gasteiger charge is -2.14. The number of halogens is 2. The highest BCUT2D eigenvalue weighted by atomic mass is 32.1. The van der Waals surface area contributed by atoms with Crippen molar-refractivity contribution in [2.24, 2.45) is 0 Å². The molecule has 29 heavy (non-hydrogen) atoms. The van der Waals surface area contributed by atoms with Crippen molar-refractivity contribution in [1.29, 1.82) is 0 Å². The fraction of sp³-hybridized carbons (Fsp3) is 0.143. The van der Waals surface area contributed by atoms with E-state index in [1.54, 1.807) is 18.2 Å². The summed E-state index contributed by atoms with van der Waals surface area (Å²) in [6.07, 6.45) is -0.902. The first-order chi connectivity index (χ1) is 13.8. The summed E-state index contributed by atoms with van der Waals surface area (Å²) in [6.45, 7) is 3.36. The Balaban J connectivity index is 1.58. The van der Waals surface area contributed by atoms with E-state index in [0.717, 1.165) is 16.0 Å². The first-order valence-corrected chi connectivity index (χ1v) is 9.54. The fourth-order valence-corrected chi connectivity index (χ4v) is 3.61. The lowest BCUT2D eigenvalue weighted by atomic mass is 10.1. The number of hydrazine groups is 1. The first kappa shape index (κ1) is 20.5. The molecule has 1 heterocycles. The fourth-order valence-electron chi connectivity index (χ4n) is 2.53. The summed E-state index contributed by atoms with van der Waals surface area (Å²) in [5.41, 5.74) is 6.33. The van der Waals surface area contributed by atoms with Gasteiger partial charge in [0.25, 0.3) is 11.8 Å². The van der Waals surface area contributed by atoms with Crippen LogP contribution in [0.1, 0.15) is 22.2 Å². The average molecular weight is 416 g/mol. The SMILES string of the molecule is Cc1cc(C(=O)NNC(=O)C(C)Oc2ccc(F)cc2)sc1-c1ccc(F)cc1. The second-order valence-corrected chi connectivity index (χ2v) is 7.34. The van der Waals surface area contributed by atoms with E-state index in [1.807, 2.05) is 6.92 Å². The zero-order valence-electron chi connectivity index (χ0n) is 15.7. The summed E-state index contributed by atoms with van der Waals surface area (Å²) in [4.78, 5) is 25.7. The number of thiophene rings is 1. The van der Waals surface area contributed by atoms with Gasteiger partial charge in [0.2, 0.25) is 0 Å². The Labute approximate surface area is 170 Å². The molecule has 3 rings (SSSR count). The van der Waals surface area contributed by atoms with E-state index in [9.17, 15) is 18.4 Å². The number of amides is 2. The molecule has 0 spiro atoms. The van der Waals surface area contributed by atoms with E-state index in [-0.39, 0.29) is 5.82 Å². The molecular formula is C21H18F2N2O3S. The lowest BCUT2D eigenvalue weighted by molar-refractivity contribution is -0.128. The van der Waals surface area contributed by atoms with E-state index in [1.165, 1.54) is 54.7 Å². The van der Waals surface area contributed by atoms with E-state index >= 15 is 0 Å². The molecule has 2 aromatic carbocycles. The molecule has 0 radical (unpaired) electrons. The van der Waals surface area contributed by atoms with Crippen LogP contribution in [0.4, 0.5) is 8.78 Å². The molecule has 1 atom stereocenters. The van der Waals surface area contributed by atoms with Crippen molar-refractivity contribution in [1.82, 2.24) is 10.9 Å². The molecule has 0 fully saturated rings. The van der Waals surface area contributed by atoms with Gasteiger partial charge in [-0.05, 0) is 67.4 Å². The smallest absolute Gasteiger partial charge is 0.279 e. The summed E-state index contributed by atoms with van der Waals surface area (Å²) in [5.74, 6) is -1.45. The Kier molecular flexibility index (Phi) is 6.23. The molecule has 0 aliphatic heterocycles. The van der Waals surface area contributed by atoms with Crippen LogP contribution >= 0.6 is 11.3 Å². The molecule has 0 saturated carbocycles. The second kappa shape index (κ2) is 8.83. The van der Waals surface area contributed by atoms with Crippen LogP contribution in [0.3, 0.4) is 0 Å². The number of hydrogen-bond acceptors (Lipinski definition) is 4. The van der Waals surface area contributed by atoms with Gasteiger partial charge in [0.15, 0.2) is 6.10 Å². The van der Waals surface area contributed by atoms with Crippen LogP contribution in [0.15, 0.2) is 54.6 Å². The third-order valence-electron chi connectivity index (χ3n) is 4.04.